The number of hydrogen-bond acceptors (Lipinski definition) is 4. The summed E-state index contributed by atoms with van der Waals surface area (Å²) in [5.74, 6) is 0. The van der Waals surface area contributed by atoms with Crippen LogP contribution in [0, 0.1) is 0 Å². The highest BCUT2D eigenvalue weighted by Gasteiger charge is 2.48. The molecule has 8 heteroatoms. The average molecular weight is 1390 g/mol. The molecule has 0 aromatic heterocycles. The van der Waals surface area contributed by atoms with Gasteiger partial charge in [0.05, 0.1) is 0 Å². The van der Waals surface area contributed by atoms with Crippen LogP contribution in [0.5, 0.6) is 0 Å². The largest absolute Gasteiger partial charge is 0.345 e. The van der Waals surface area contributed by atoms with Gasteiger partial charge in [0, 0.05) is 89.9 Å². The molecule has 0 amide bonds. The Morgan fingerprint density at radius 1 is 0.235 bits per heavy atom. The lowest BCUT2D eigenvalue weighted by molar-refractivity contribution is 0.661. The van der Waals surface area contributed by atoms with E-state index in [9.17, 15) is 0 Å². The van der Waals surface area contributed by atoms with Crippen LogP contribution in [-0.4, -0.2) is 60.5 Å². The predicted molar refractivity (Wildman–Crippen MR) is 456 cm³/mol. The minimum Gasteiger partial charge on any atom is -0.345 e. The Balaban J connectivity index is 0.000000101. The third-order valence-electron chi connectivity index (χ3n) is 24.9. The molecule has 2 aliphatic carbocycles. The molecule has 14 aromatic carbocycles. The van der Waals surface area contributed by atoms with Gasteiger partial charge in [0.1, 0.15) is 32.3 Å². The van der Waals surface area contributed by atoms with E-state index in [1.54, 1.807) is 36.7 Å². The summed E-state index contributed by atoms with van der Waals surface area (Å²) in [5.41, 5.74) is 22.9. The Morgan fingerprint density at radius 2 is 0.637 bits per heavy atom. The lowest BCUT2D eigenvalue weighted by atomic mass is 9.82. The Bertz CT molecular complexity index is 5840. The normalized spacial score (nSPS) is 16.6. The predicted octanol–water partition coefficient (Wildman–Crippen LogP) is 19.6. The molecule has 20 rings (SSSR count). The van der Waals surface area contributed by atoms with Crippen molar-refractivity contribution in [3.63, 3.8) is 0 Å². The van der Waals surface area contributed by atoms with Crippen LogP contribution in [0.4, 0.5) is 45.5 Å². The molecule has 6 aliphatic rings. The first-order chi connectivity index (χ1) is 48.9. The van der Waals surface area contributed by atoms with Crippen molar-refractivity contribution in [3.8, 4) is 22.3 Å². The monoisotopic (exact) mass is 1390 g/mol. The molecule has 0 radical (unpaired) electrons. The highest BCUT2D eigenvalue weighted by Crippen LogP contribution is 2.53. The number of rotatable bonds is 0. The number of benzene rings is 14. The van der Waals surface area contributed by atoms with Crippen molar-refractivity contribution < 1.29 is 0 Å². The van der Waals surface area contributed by atoms with Crippen molar-refractivity contribution in [2.24, 2.45) is 0 Å². The summed E-state index contributed by atoms with van der Waals surface area (Å²) < 4.78 is 0. The smallest absolute Gasteiger partial charge is 0.118 e. The molecule has 0 atom stereocenters. The lowest BCUT2D eigenvalue weighted by Gasteiger charge is -2.42. The zero-order valence-electron chi connectivity index (χ0n) is 62.2. The highest BCUT2D eigenvalue weighted by atomic mass is 28.3. The fourth-order valence-electron chi connectivity index (χ4n) is 19.6. The van der Waals surface area contributed by atoms with Gasteiger partial charge < -0.3 is 19.6 Å². The maximum absolute atomic E-state index is 2.54. The van der Waals surface area contributed by atoms with Crippen molar-refractivity contribution in [3.05, 3.63) is 289 Å². The summed E-state index contributed by atoms with van der Waals surface area (Å²) in [6, 6.07) is 99.3. The molecule has 0 spiro atoms. The molecular weight excluding hydrogens is 1300 g/mol. The van der Waals surface area contributed by atoms with Gasteiger partial charge in [-0.3, -0.25) is 0 Å². The first-order valence-corrected chi connectivity index (χ1v) is 48.7. The van der Waals surface area contributed by atoms with E-state index in [0.29, 0.717) is 0 Å². The number of fused-ring (bicyclic) bond motifs is 23. The van der Waals surface area contributed by atoms with Crippen molar-refractivity contribution in [2.45, 2.75) is 90.9 Å². The number of nitrogens with zero attached hydrogens (tertiary/aromatic N) is 4. The third-order valence-corrected chi connectivity index (χ3v) is 39.0. The van der Waals surface area contributed by atoms with Crippen molar-refractivity contribution in [2.75, 3.05) is 47.8 Å². The van der Waals surface area contributed by atoms with Crippen LogP contribution in [0.25, 0.3) is 65.3 Å². The molecule has 0 saturated heterocycles. The topological polar surface area (TPSA) is 13.0 Å². The Morgan fingerprint density at radius 3 is 1.22 bits per heavy atom. The molecule has 4 nitrogen and oxygen atoms in total. The van der Waals surface area contributed by atoms with Crippen molar-refractivity contribution >= 4 is 162 Å². The molecule has 0 N–H and O–H groups in total. The summed E-state index contributed by atoms with van der Waals surface area (Å²) in [6.45, 7) is 29.6. The second kappa shape index (κ2) is 23.4. The third kappa shape index (κ3) is 9.47. The Kier molecular flexibility index (Phi) is 15.0. The summed E-state index contributed by atoms with van der Waals surface area (Å²) >= 11 is 0. The molecule has 0 fully saturated rings. The average Bonchev–Trinajstić information content (AvgIpc) is 1.28. The second-order valence-corrected chi connectivity index (χ2v) is 49.8. The quantitative estimate of drug-likeness (QED) is 0.0852. The van der Waals surface area contributed by atoms with E-state index in [2.05, 4.69) is 395 Å². The van der Waals surface area contributed by atoms with E-state index < -0.39 is 32.3 Å². The van der Waals surface area contributed by atoms with Gasteiger partial charge in [0.15, 0.2) is 0 Å². The number of anilines is 8. The second-order valence-electron chi connectivity index (χ2n) is 32.6. The molecule has 0 unspecified atom stereocenters. The minimum absolute atomic E-state index is 0.0503. The summed E-state index contributed by atoms with van der Waals surface area (Å²) in [4.78, 5) is 9.59. The lowest BCUT2D eigenvalue weighted by Crippen LogP contribution is -2.60. The van der Waals surface area contributed by atoms with Crippen LogP contribution >= 0.6 is 0 Å². The Labute approximate surface area is 608 Å². The zero-order valence-corrected chi connectivity index (χ0v) is 66.2. The molecule has 4 heterocycles. The molecule has 14 aromatic rings. The fourth-order valence-corrected chi connectivity index (χ4v) is 33.2. The van der Waals surface area contributed by atoms with Crippen LogP contribution in [0.3, 0.4) is 0 Å². The van der Waals surface area contributed by atoms with Gasteiger partial charge in [-0.15, -0.1) is 0 Å². The van der Waals surface area contributed by atoms with Gasteiger partial charge in [-0.2, -0.15) is 0 Å². The fraction of sp³-hybridized carbons (Fsp3) is 0.191. The molecule has 504 valence electrons. The van der Waals surface area contributed by atoms with Gasteiger partial charge in [0.25, 0.3) is 0 Å². The number of hydrogen-bond donors (Lipinski definition) is 0. The van der Waals surface area contributed by atoms with Gasteiger partial charge in [-0.1, -0.05) is 292 Å². The van der Waals surface area contributed by atoms with E-state index >= 15 is 0 Å². The first kappa shape index (κ1) is 65.5. The molecule has 102 heavy (non-hydrogen) atoms. The standard InChI is InChI=1S/2C24H25NSi.2C23H21NSi/c1-24(2)18-11-7-6-10-16(18)17-14-21-23(15-19(17)24)26(4,5)22-13-9-8-12-20(22)25(21)3;1-24(2)18-11-7-6-10-16(18)17-14-15-20-23(22(17)24)26(4,5)21-13-9-8-12-19(21)25(20)3;1-24-20-14-8-9-15-21(20)25(2,3)23-19-13-7-5-11-17(19)16-10-4-6-12-18(16)22(23)24;1-24-20-10-6-7-11-22(20)25(2,3)23-19-15-17-9-5-4-8-16(17)14-18(19)12-13-21(23)24/h2*6-15H,1-5H3;2*4-15H,1-3H3. The molecule has 0 bridgehead atoms. The van der Waals surface area contributed by atoms with E-state index in [1.807, 2.05) is 0 Å². The van der Waals surface area contributed by atoms with Gasteiger partial charge >= 0.3 is 0 Å². The van der Waals surface area contributed by atoms with Gasteiger partial charge in [-0.05, 0) is 178 Å². The van der Waals surface area contributed by atoms with E-state index in [1.165, 1.54) is 138 Å². The van der Waals surface area contributed by atoms with Crippen molar-refractivity contribution in [1.82, 2.24) is 0 Å². The Hall–Kier alpha value is -9.81. The first-order valence-electron chi connectivity index (χ1n) is 36.7. The van der Waals surface area contributed by atoms with Crippen LogP contribution in [0.15, 0.2) is 267 Å². The molecule has 4 aliphatic heterocycles. The zero-order chi connectivity index (χ0) is 70.9. The van der Waals surface area contributed by atoms with Crippen LogP contribution in [0.1, 0.15) is 49.9 Å². The van der Waals surface area contributed by atoms with E-state index in [0.717, 1.165) is 0 Å². The molecular formula is C94H92N4Si4. The van der Waals surface area contributed by atoms with Crippen LogP contribution < -0.4 is 61.1 Å². The van der Waals surface area contributed by atoms with E-state index in [-0.39, 0.29) is 10.8 Å². The van der Waals surface area contributed by atoms with E-state index in [4.69, 9.17) is 0 Å². The summed E-state index contributed by atoms with van der Waals surface area (Å²) in [6.07, 6.45) is 0. The van der Waals surface area contributed by atoms with Crippen molar-refractivity contribution in [1.29, 1.82) is 0 Å². The number of para-hydroxylation sites is 4. The SMILES string of the molecule is CN1c2ccccc2[Si](C)(C)c2c1c1ccccc1c1ccccc21.CN1c2ccccc2[Si](C)(C)c2c1ccc1c2C(C)(C)c2ccccc2-1.CN1c2ccccc2[Si](C)(C)c2c1ccc1cc3ccccc3cc21.CN1c2ccccc2[Si](C)(C)c2cc3c(cc21)-c1ccccc1C3(C)C. The van der Waals surface area contributed by atoms with Crippen LogP contribution in [0.2, 0.25) is 52.4 Å². The maximum atomic E-state index is 2.54. The van der Waals surface area contributed by atoms with Gasteiger partial charge in [0.2, 0.25) is 0 Å². The summed E-state index contributed by atoms with van der Waals surface area (Å²) in [5, 5.41) is 23.4. The highest BCUT2D eigenvalue weighted by molar-refractivity contribution is 7.05. The maximum Gasteiger partial charge on any atom is 0.118 e. The summed E-state index contributed by atoms with van der Waals surface area (Å²) in [7, 11) is 1.79. The van der Waals surface area contributed by atoms with Gasteiger partial charge in [-0.25, -0.2) is 0 Å². The minimum atomic E-state index is -1.80. The van der Waals surface area contributed by atoms with Crippen LogP contribution in [-0.2, 0) is 10.8 Å². The molecule has 0 saturated carbocycles.